The van der Waals surface area contributed by atoms with Gasteiger partial charge >= 0.3 is 0 Å². The molecule has 2 aromatic rings. The van der Waals surface area contributed by atoms with Crippen LogP contribution in [0.5, 0.6) is 11.5 Å². The van der Waals surface area contributed by atoms with Gasteiger partial charge in [0, 0.05) is 16.8 Å². The van der Waals surface area contributed by atoms with E-state index in [0.717, 1.165) is 5.56 Å². The van der Waals surface area contributed by atoms with Gasteiger partial charge in [-0.2, -0.15) is 0 Å². The van der Waals surface area contributed by atoms with Gasteiger partial charge in [0.15, 0.2) is 5.11 Å². The van der Waals surface area contributed by atoms with Crippen molar-refractivity contribution in [2.24, 2.45) is 0 Å². The first-order valence-corrected chi connectivity index (χ1v) is 9.28. The summed E-state index contributed by atoms with van der Waals surface area (Å²) < 4.78 is 10.6. The van der Waals surface area contributed by atoms with E-state index in [2.05, 4.69) is 16.0 Å². The van der Waals surface area contributed by atoms with Gasteiger partial charge in [-0.05, 0) is 49.0 Å². The van der Waals surface area contributed by atoms with E-state index in [9.17, 15) is 4.79 Å². The van der Waals surface area contributed by atoms with Crippen molar-refractivity contribution in [1.29, 1.82) is 0 Å². The van der Waals surface area contributed by atoms with Crippen LogP contribution in [-0.2, 0) is 4.79 Å². The number of ether oxygens (including phenoxy) is 2. The minimum Gasteiger partial charge on any atom is -0.497 e. The second kappa shape index (κ2) is 8.50. The Hall–Kier alpha value is -2.77. The summed E-state index contributed by atoms with van der Waals surface area (Å²) in [6.45, 7) is 1.81. The first-order chi connectivity index (χ1) is 13.4. The number of carbonyl (C=O) groups excluding carboxylic acids is 1. The zero-order valence-electron chi connectivity index (χ0n) is 15.6. The second-order valence-corrected chi connectivity index (χ2v) is 6.99. The molecular weight excluding hydrogens is 398 g/mol. The second-order valence-electron chi connectivity index (χ2n) is 6.15. The standard InChI is InChI=1S/C20H20ClN3O3S/c1-11-17(18(24-20(28)22-11)12-5-4-6-13(21)9-12)19(25)23-15-8-7-14(26-2)10-16(15)27-3/h4-10,18H,1-3H3,(H,23,25)(H2,22,24,28)/t18-/m1/s1. The van der Waals surface area contributed by atoms with E-state index in [1.54, 1.807) is 31.4 Å². The highest BCUT2D eigenvalue weighted by Gasteiger charge is 2.30. The van der Waals surface area contributed by atoms with Crippen molar-refractivity contribution in [3.05, 3.63) is 64.3 Å². The molecule has 1 heterocycles. The molecule has 0 saturated heterocycles. The van der Waals surface area contributed by atoms with Crippen molar-refractivity contribution >= 4 is 40.5 Å². The highest BCUT2D eigenvalue weighted by Crippen LogP contribution is 2.32. The third kappa shape index (κ3) is 4.21. The lowest BCUT2D eigenvalue weighted by atomic mass is 9.95. The van der Waals surface area contributed by atoms with E-state index in [1.807, 2.05) is 25.1 Å². The molecule has 0 saturated carbocycles. The van der Waals surface area contributed by atoms with Crippen LogP contribution >= 0.6 is 23.8 Å². The molecule has 1 aliphatic heterocycles. The van der Waals surface area contributed by atoms with E-state index in [1.165, 1.54) is 7.11 Å². The maximum atomic E-state index is 13.2. The zero-order valence-corrected chi connectivity index (χ0v) is 17.2. The minimum absolute atomic E-state index is 0.284. The topological polar surface area (TPSA) is 71.6 Å². The molecule has 1 atom stereocenters. The van der Waals surface area contributed by atoms with Crippen LogP contribution in [0.4, 0.5) is 5.69 Å². The van der Waals surface area contributed by atoms with Crippen LogP contribution in [0.25, 0.3) is 0 Å². The molecule has 0 bridgehead atoms. The van der Waals surface area contributed by atoms with Gasteiger partial charge in [0.05, 0.1) is 31.5 Å². The number of halogens is 1. The summed E-state index contributed by atoms with van der Waals surface area (Å²) in [7, 11) is 3.10. The van der Waals surface area contributed by atoms with Crippen LogP contribution in [0.1, 0.15) is 18.5 Å². The summed E-state index contributed by atoms with van der Waals surface area (Å²) in [6, 6.07) is 12.1. The van der Waals surface area contributed by atoms with Gasteiger partial charge in [-0.1, -0.05) is 23.7 Å². The fourth-order valence-electron chi connectivity index (χ4n) is 3.02. The summed E-state index contributed by atoms with van der Waals surface area (Å²) >= 11 is 11.4. The highest BCUT2D eigenvalue weighted by atomic mass is 35.5. The molecule has 28 heavy (non-hydrogen) atoms. The number of benzene rings is 2. The number of hydrogen-bond acceptors (Lipinski definition) is 4. The summed E-state index contributed by atoms with van der Waals surface area (Å²) in [5.41, 5.74) is 2.54. The largest absolute Gasteiger partial charge is 0.497 e. The van der Waals surface area contributed by atoms with Crippen LogP contribution in [0.3, 0.4) is 0 Å². The van der Waals surface area contributed by atoms with E-state index >= 15 is 0 Å². The Kier molecular flexibility index (Phi) is 6.06. The number of carbonyl (C=O) groups is 1. The number of methoxy groups -OCH3 is 2. The predicted octanol–water partition coefficient (Wildman–Crippen LogP) is 3.79. The number of allylic oxidation sites excluding steroid dienone is 1. The molecule has 2 aromatic carbocycles. The molecule has 0 radical (unpaired) electrons. The monoisotopic (exact) mass is 417 g/mol. The number of hydrogen-bond donors (Lipinski definition) is 3. The zero-order chi connectivity index (χ0) is 20.3. The lowest BCUT2D eigenvalue weighted by Crippen LogP contribution is -2.45. The Morgan fingerprint density at radius 3 is 2.64 bits per heavy atom. The smallest absolute Gasteiger partial charge is 0.255 e. The lowest BCUT2D eigenvalue weighted by molar-refractivity contribution is -0.113. The summed E-state index contributed by atoms with van der Waals surface area (Å²) in [6.07, 6.45) is 0. The molecule has 1 amide bonds. The van der Waals surface area contributed by atoms with Gasteiger partial charge < -0.3 is 25.4 Å². The molecule has 0 aromatic heterocycles. The average molecular weight is 418 g/mol. The molecule has 8 heteroatoms. The Labute approximate surface area is 173 Å². The molecule has 0 aliphatic carbocycles. The van der Waals surface area contributed by atoms with E-state index in [-0.39, 0.29) is 5.91 Å². The molecular formula is C20H20ClN3O3S. The van der Waals surface area contributed by atoms with Gasteiger partial charge in [-0.25, -0.2) is 0 Å². The van der Waals surface area contributed by atoms with Crippen molar-refractivity contribution in [1.82, 2.24) is 10.6 Å². The summed E-state index contributed by atoms with van der Waals surface area (Å²) in [4.78, 5) is 13.2. The summed E-state index contributed by atoms with van der Waals surface area (Å²) in [5, 5.41) is 10.1. The fourth-order valence-corrected chi connectivity index (χ4v) is 3.49. The lowest BCUT2D eigenvalue weighted by Gasteiger charge is -2.30. The Bertz CT molecular complexity index is 961. The Balaban J connectivity index is 1.96. The van der Waals surface area contributed by atoms with Gasteiger partial charge in [-0.15, -0.1) is 0 Å². The van der Waals surface area contributed by atoms with E-state index in [4.69, 9.17) is 33.3 Å². The number of nitrogens with one attached hydrogen (secondary N) is 3. The molecule has 1 aliphatic rings. The van der Waals surface area contributed by atoms with Crippen molar-refractivity contribution in [3.8, 4) is 11.5 Å². The predicted molar refractivity (Wildman–Crippen MR) is 114 cm³/mol. The first kappa shape index (κ1) is 20.0. The average Bonchev–Trinajstić information content (AvgIpc) is 2.67. The normalized spacial score (nSPS) is 16.1. The van der Waals surface area contributed by atoms with Crippen LogP contribution in [0, 0.1) is 0 Å². The van der Waals surface area contributed by atoms with Gasteiger partial charge in [0.2, 0.25) is 0 Å². The van der Waals surface area contributed by atoms with Crippen molar-refractivity contribution < 1.29 is 14.3 Å². The molecule has 3 N–H and O–H groups in total. The van der Waals surface area contributed by atoms with Crippen LogP contribution in [-0.4, -0.2) is 25.2 Å². The van der Waals surface area contributed by atoms with Crippen LogP contribution in [0.2, 0.25) is 5.02 Å². The van der Waals surface area contributed by atoms with Crippen LogP contribution < -0.4 is 25.4 Å². The Morgan fingerprint density at radius 2 is 1.96 bits per heavy atom. The third-order valence-electron chi connectivity index (χ3n) is 4.35. The molecule has 6 nitrogen and oxygen atoms in total. The summed E-state index contributed by atoms with van der Waals surface area (Å²) in [5.74, 6) is 0.847. The Morgan fingerprint density at radius 1 is 1.18 bits per heavy atom. The molecule has 146 valence electrons. The van der Waals surface area contributed by atoms with Gasteiger partial charge in [0.1, 0.15) is 11.5 Å². The molecule has 0 spiro atoms. The van der Waals surface area contributed by atoms with E-state index < -0.39 is 6.04 Å². The quantitative estimate of drug-likeness (QED) is 0.643. The van der Waals surface area contributed by atoms with Crippen molar-refractivity contribution in [2.75, 3.05) is 19.5 Å². The number of amides is 1. The van der Waals surface area contributed by atoms with Crippen LogP contribution in [0.15, 0.2) is 53.7 Å². The third-order valence-corrected chi connectivity index (χ3v) is 4.81. The van der Waals surface area contributed by atoms with Crippen molar-refractivity contribution in [3.63, 3.8) is 0 Å². The van der Waals surface area contributed by atoms with Gasteiger partial charge in [0.25, 0.3) is 5.91 Å². The highest BCUT2D eigenvalue weighted by molar-refractivity contribution is 7.80. The molecule has 0 unspecified atom stereocenters. The van der Waals surface area contributed by atoms with Crippen molar-refractivity contribution in [2.45, 2.75) is 13.0 Å². The number of anilines is 1. The SMILES string of the molecule is COc1ccc(NC(=O)C2=C(C)NC(=S)N[C@@H]2c2cccc(Cl)c2)c(OC)c1. The maximum Gasteiger partial charge on any atom is 0.255 e. The number of thiocarbonyl (C=S) groups is 1. The minimum atomic E-state index is -0.434. The van der Waals surface area contributed by atoms with Gasteiger partial charge in [-0.3, -0.25) is 4.79 Å². The maximum absolute atomic E-state index is 13.2. The van der Waals surface area contributed by atoms with E-state index in [0.29, 0.717) is 38.6 Å². The first-order valence-electron chi connectivity index (χ1n) is 8.50. The molecule has 0 fully saturated rings. The molecule has 3 rings (SSSR count). The fraction of sp³-hybridized carbons (Fsp3) is 0.200. The number of rotatable bonds is 5.